The molecule has 1 amide bonds. The van der Waals surface area contributed by atoms with Crippen LogP contribution in [0.25, 0.3) is 0 Å². The van der Waals surface area contributed by atoms with Crippen molar-refractivity contribution in [1.82, 2.24) is 10.2 Å². The lowest BCUT2D eigenvalue weighted by atomic mass is 9.98. The second kappa shape index (κ2) is 6.81. The van der Waals surface area contributed by atoms with E-state index in [-0.39, 0.29) is 5.91 Å². The monoisotopic (exact) mass is 243 g/mol. The van der Waals surface area contributed by atoms with Crippen molar-refractivity contribution in [3.8, 4) is 0 Å². The van der Waals surface area contributed by atoms with E-state index in [1.807, 2.05) is 0 Å². The van der Waals surface area contributed by atoms with Gasteiger partial charge in [0, 0.05) is 25.9 Å². The lowest BCUT2D eigenvalue weighted by Crippen LogP contribution is -2.41. The van der Waals surface area contributed by atoms with Gasteiger partial charge in [0.05, 0.1) is 4.99 Å². The number of hydrogen-bond donors (Lipinski definition) is 2. The molecule has 3 N–H and O–H groups in total. The van der Waals surface area contributed by atoms with Crippen molar-refractivity contribution in [2.45, 2.75) is 25.7 Å². The van der Waals surface area contributed by atoms with Crippen LogP contribution in [0.15, 0.2) is 0 Å². The highest BCUT2D eigenvalue weighted by Gasteiger charge is 2.21. The van der Waals surface area contributed by atoms with E-state index in [2.05, 4.69) is 10.2 Å². The summed E-state index contributed by atoms with van der Waals surface area (Å²) < 4.78 is 0. The van der Waals surface area contributed by atoms with Crippen LogP contribution in [-0.2, 0) is 4.79 Å². The molecule has 4 nitrogen and oxygen atoms in total. The van der Waals surface area contributed by atoms with E-state index >= 15 is 0 Å². The molecule has 0 bridgehead atoms. The van der Waals surface area contributed by atoms with Crippen molar-refractivity contribution in [2.75, 3.05) is 26.7 Å². The van der Waals surface area contributed by atoms with Crippen molar-refractivity contribution in [3.05, 3.63) is 0 Å². The molecule has 1 rings (SSSR count). The summed E-state index contributed by atoms with van der Waals surface area (Å²) in [5.74, 6) is 0.478. The molecule has 1 fully saturated rings. The lowest BCUT2D eigenvalue weighted by Gasteiger charge is -2.32. The molecule has 1 saturated heterocycles. The molecular formula is C11H21N3OS. The van der Waals surface area contributed by atoms with E-state index in [9.17, 15) is 4.79 Å². The molecule has 1 aliphatic heterocycles. The van der Waals surface area contributed by atoms with Crippen LogP contribution in [0.4, 0.5) is 0 Å². The molecule has 0 aromatic carbocycles. The fourth-order valence-corrected chi connectivity index (χ4v) is 2.27. The number of nitrogens with one attached hydrogen (secondary N) is 1. The molecule has 5 heteroatoms. The van der Waals surface area contributed by atoms with Gasteiger partial charge >= 0.3 is 0 Å². The number of carbonyl (C=O) groups is 1. The first-order valence-electron chi connectivity index (χ1n) is 5.85. The third-order valence-electron chi connectivity index (χ3n) is 3.06. The number of carbonyl (C=O) groups excluding carboxylic acids is 1. The third kappa shape index (κ3) is 4.45. The van der Waals surface area contributed by atoms with Crippen molar-refractivity contribution in [2.24, 2.45) is 11.7 Å². The van der Waals surface area contributed by atoms with E-state index in [4.69, 9.17) is 18.0 Å². The standard InChI is InChI=1S/C11H21N3OS/c1-13-10(15)5-3-7-14-6-2-4-9(8-14)11(12)16/h9H,2-8H2,1H3,(H2,12,16)(H,13,15). The van der Waals surface area contributed by atoms with Crippen LogP contribution in [0.1, 0.15) is 25.7 Å². The SMILES string of the molecule is CNC(=O)CCCN1CCCC(C(N)=S)C1. The quantitative estimate of drug-likeness (QED) is 0.691. The summed E-state index contributed by atoms with van der Waals surface area (Å²) in [7, 11) is 1.67. The van der Waals surface area contributed by atoms with Crippen LogP contribution < -0.4 is 11.1 Å². The third-order valence-corrected chi connectivity index (χ3v) is 3.40. The minimum atomic E-state index is 0.114. The first-order chi connectivity index (χ1) is 7.63. The van der Waals surface area contributed by atoms with E-state index in [1.165, 1.54) is 0 Å². The Morgan fingerprint density at radius 3 is 3.00 bits per heavy atom. The Bertz CT molecular complexity index is 258. The van der Waals surface area contributed by atoms with Crippen LogP contribution in [0, 0.1) is 5.92 Å². The number of nitrogens with two attached hydrogens (primary N) is 1. The molecule has 0 saturated carbocycles. The van der Waals surface area contributed by atoms with Crippen LogP contribution in [0.2, 0.25) is 0 Å². The van der Waals surface area contributed by atoms with Crippen molar-refractivity contribution in [3.63, 3.8) is 0 Å². The van der Waals surface area contributed by atoms with Gasteiger partial charge in [-0.1, -0.05) is 12.2 Å². The zero-order chi connectivity index (χ0) is 12.0. The van der Waals surface area contributed by atoms with Gasteiger partial charge < -0.3 is 16.0 Å². The van der Waals surface area contributed by atoms with E-state index in [0.29, 0.717) is 17.3 Å². The maximum Gasteiger partial charge on any atom is 0.219 e. The summed E-state index contributed by atoms with van der Waals surface area (Å²) >= 11 is 5.03. The number of likely N-dealkylation sites (tertiary alicyclic amines) is 1. The average molecular weight is 243 g/mol. The van der Waals surface area contributed by atoms with Gasteiger partial charge in [0.2, 0.25) is 5.91 Å². The Hall–Kier alpha value is -0.680. The van der Waals surface area contributed by atoms with E-state index in [1.54, 1.807) is 7.05 Å². The minimum absolute atomic E-state index is 0.114. The molecule has 0 aromatic heterocycles. The molecule has 0 radical (unpaired) electrons. The summed E-state index contributed by atoms with van der Waals surface area (Å²) in [6.07, 6.45) is 3.78. The molecule has 0 aromatic rings. The van der Waals surface area contributed by atoms with E-state index in [0.717, 1.165) is 38.9 Å². The highest BCUT2D eigenvalue weighted by atomic mass is 32.1. The largest absolute Gasteiger partial charge is 0.393 e. The predicted octanol–water partition coefficient (Wildman–Crippen LogP) is 0.511. The van der Waals surface area contributed by atoms with E-state index < -0.39 is 0 Å². The van der Waals surface area contributed by atoms with Crippen LogP contribution >= 0.6 is 12.2 Å². The molecule has 0 spiro atoms. The number of piperidine rings is 1. The molecule has 16 heavy (non-hydrogen) atoms. The van der Waals surface area contributed by atoms with Crippen molar-refractivity contribution >= 4 is 23.1 Å². The second-order valence-corrected chi connectivity index (χ2v) is 4.79. The van der Waals surface area contributed by atoms with Crippen LogP contribution in [-0.4, -0.2) is 42.5 Å². The summed E-state index contributed by atoms with van der Waals surface area (Å²) in [5, 5.41) is 2.63. The summed E-state index contributed by atoms with van der Waals surface area (Å²) in [6.45, 7) is 3.03. The van der Waals surface area contributed by atoms with Gasteiger partial charge in [0.25, 0.3) is 0 Å². The average Bonchev–Trinajstić information content (AvgIpc) is 2.29. The summed E-state index contributed by atoms with van der Waals surface area (Å²) in [5.41, 5.74) is 5.67. The normalized spacial score (nSPS) is 21.7. The molecule has 1 heterocycles. The van der Waals surface area contributed by atoms with Gasteiger partial charge in [-0.05, 0) is 32.4 Å². The molecule has 1 aliphatic rings. The Morgan fingerprint density at radius 1 is 1.62 bits per heavy atom. The zero-order valence-electron chi connectivity index (χ0n) is 9.87. The van der Waals surface area contributed by atoms with Crippen LogP contribution in [0.3, 0.4) is 0 Å². The number of nitrogens with zero attached hydrogens (tertiary/aromatic N) is 1. The van der Waals surface area contributed by atoms with Gasteiger partial charge in [-0.15, -0.1) is 0 Å². The maximum absolute atomic E-state index is 11.1. The summed E-state index contributed by atoms with van der Waals surface area (Å²) in [4.78, 5) is 14.0. The Balaban J connectivity index is 2.21. The molecule has 92 valence electrons. The fourth-order valence-electron chi connectivity index (χ4n) is 2.08. The first kappa shape index (κ1) is 13.4. The van der Waals surface area contributed by atoms with Gasteiger partial charge in [0.15, 0.2) is 0 Å². The maximum atomic E-state index is 11.1. The fraction of sp³-hybridized carbons (Fsp3) is 0.818. The Morgan fingerprint density at radius 2 is 2.38 bits per heavy atom. The van der Waals surface area contributed by atoms with Crippen LogP contribution in [0.5, 0.6) is 0 Å². The predicted molar refractivity (Wildman–Crippen MR) is 69.3 cm³/mol. The van der Waals surface area contributed by atoms with Gasteiger partial charge in [0.1, 0.15) is 0 Å². The Labute approximate surface area is 103 Å². The van der Waals surface area contributed by atoms with Crippen molar-refractivity contribution < 1.29 is 4.79 Å². The van der Waals surface area contributed by atoms with Gasteiger partial charge in [-0.2, -0.15) is 0 Å². The van der Waals surface area contributed by atoms with Gasteiger partial charge in [-0.25, -0.2) is 0 Å². The number of amides is 1. The van der Waals surface area contributed by atoms with Gasteiger partial charge in [-0.3, -0.25) is 4.79 Å². The lowest BCUT2D eigenvalue weighted by molar-refractivity contribution is -0.120. The number of hydrogen-bond acceptors (Lipinski definition) is 3. The first-order valence-corrected chi connectivity index (χ1v) is 6.26. The molecule has 1 atom stereocenters. The molecular weight excluding hydrogens is 222 g/mol. The second-order valence-electron chi connectivity index (χ2n) is 4.32. The Kier molecular flexibility index (Phi) is 5.69. The zero-order valence-corrected chi connectivity index (χ0v) is 10.7. The smallest absolute Gasteiger partial charge is 0.219 e. The number of thiocarbonyl (C=S) groups is 1. The topological polar surface area (TPSA) is 58.4 Å². The molecule has 1 unspecified atom stereocenters. The number of rotatable bonds is 5. The highest BCUT2D eigenvalue weighted by molar-refractivity contribution is 7.80. The van der Waals surface area contributed by atoms with Crippen molar-refractivity contribution in [1.29, 1.82) is 0 Å². The molecule has 0 aliphatic carbocycles. The minimum Gasteiger partial charge on any atom is -0.393 e. The highest BCUT2D eigenvalue weighted by Crippen LogP contribution is 2.16. The summed E-state index contributed by atoms with van der Waals surface area (Å²) in [6, 6.07) is 0.